The molecule has 194 valence electrons. The number of aromatic nitrogens is 1. The average molecular weight is 507 g/mol. The van der Waals surface area contributed by atoms with E-state index in [0.29, 0.717) is 24.1 Å². The number of piperidine rings is 1. The number of nitrogens with one attached hydrogen (secondary N) is 2. The van der Waals surface area contributed by atoms with Gasteiger partial charge in [0.25, 0.3) is 0 Å². The van der Waals surface area contributed by atoms with Gasteiger partial charge in [-0.05, 0) is 56.5 Å². The van der Waals surface area contributed by atoms with Gasteiger partial charge < -0.3 is 15.2 Å². The van der Waals surface area contributed by atoms with E-state index in [9.17, 15) is 22.0 Å². The van der Waals surface area contributed by atoms with Crippen LogP contribution in [-0.2, 0) is 13.0 Å². The zero-order chi connectivity index (χ0) is 25.5. The summed E-state index contributed by atoms with van der Waals surface area (Å²) in [4.78, 5) is 6.78. The summed E-state index contributed by atoms with van der Waals surface area (Å²) in [6.45, 7) is 5.29. The highest BCUT2D eigenvalue weighted by atomic mass is 19.4. The van der Waals surface area contributed by atoms with Crippen molar-refractivity contribution in [2.24, 2.45) is 5.41 Å². The Labute approximate surface area is 207 Å². The molecule has 0 aliphatic carbocycles. The number of fused-ring (bicyclic) bond motifs is 3. The molecule has 9 heteroatoms. The van der Waals surface area contributed by atoms with Gasteiger partial charge in [0.05, 0.1) is 6.54 Å². The average Bonchev–Trinajstić information content (AvgIpc) is 3.14. The molecule has 36 heavy (non-hydrogen) atoms. The number of rotatable bonds is 2. The number of H-pyrrole nitrogens is 1. The van der Waals surface area contributed by atoms with E-state index in [0.717, 1.165) is 48.8 Å². The summed E-state index contributed by atoms with van der Waals surface area (Å²) < 4.78 is 63.8. The summed E-state index contributed by atoms with van der Waals surface area (Å²) in [5.74, 6) is -0.995. The van der Waals surface area contributed by atoms with Gasteiger partial charge in [-0.2, -0.15) is 13.2 Å². The Bertz CT molecular complexity index is 1190. The van der Waals surface area contributed by atoms with Crippen molar-refractivity contribution in [2.45, 2.75) is 44.9 Å². The number of halogens is 5. The molecule has 1 aromatic heterocycles. The number of benzene rings is 2. The molecule has 1 unspecified atom stereocenters. The molecule has 0 bridgehead atoms. The molecule has 2 fully saturated rings. The normalized spacial score (nSPS) is 21.6. The van der Waals surface area contributed by atoms with E-state index in [2.05, 4.69) is 15.2 Å². The Morgan fingerprint density at radius 2 is 1.78 bits per heavy atom. The molecule has 3 aliphatic rings. The third-order valence-electron chi connectivity index (χ3n) is 7.59. The molecule has 1 spiro atoms. The topological polar surface area (TPSA) is 34.3 Å². The Hall–Kier alpha value is -2.65. The molecule has 2 saturated heterocycles. The molecule has 6 rings (SSSR count). The zero-order valence-electron chi connectivity index (χ0n) is 20.3. The van der Waals surface area contributed by atoms with Crippen LogP contribution in [0, 0.1) is 17.0 Å². The first kappa shape index (κ1) is 25.0. The lowest BCUT2D eigenvalue weighted by atomic mass is 9.74. The lowest BCUT2D eigenvalue weighted by Crippen LogP contribution is -2.62. The van der Waals surface area contributed by atoms with E-state index < -0.39 is 24.4 Å². The minimum atomic E-state index is -4.14. The van der Waals surface area contributed by atoms with Crippen molar-refractivity contribution < 1.29 is 22.0 Å². The van der Waals surface area contributed by atoms with Crippen LogP contribution in [0.3, 0.4) is 0 Å². The van der Waals surface area contributed by atoms with E-state index >= 15 is 0 Å². The number of hydrogen-bond acceptors (Lipinski definition) is 3. The minimum Gasteiger partial charge on any atom is -0.370 e. The number of hydrogen-bond donors (Lipinski definition) is 2. The number of alkyl halides is 3. The Kier molecular flexibility index (Phi) is 6.72. The second-order valence-electron chi connectivity index (χ2n) is 10.5. The van der Waals surface area contributed by atoms with Crippen LogP contribution in [0.25, 0.3) is 10.9 Å². The summed E-state index contributed by atoms with van der Waals surface area (Å²) in [5.41, 5.74) is 4.10. The van der Waals surface area contributed by atoms with Crippen molar-refractivity contribution in [1.82, 2.24) is 15.2 Å². The fourth-order valence-electron chi connectivity index (χ4n) is 5.82. The maximum atomic E-state index is 13.1. The van der Waals surface area contributed by atoms with Gasteiger partial charge in [0.2, 0.25) is 0 Å². The first-order chi connectivity index (χ1) is 17.1. The van der Waals surface area contributed by atoms with Gasteiger partial charge in [0.1, 0.15) is 11.6 Å². The third kappa shape index (κ3) is 5.37. The molecule has 2 aromatic carbocycles. The van der Waals surface area contributed by atoms with Gasteiger partial charge in [-0.15, -0.1) is 0 Å². The molecule has 0 amide bonds. The van der Waals surface area contributed by atoms with E-state index in [1.54, 1.807) is 0 Å². The molecule has 0 saturated carbocycles. The molecule has 0 radical (unpaired) electrons. The summed E-state index contributed by atoms with van der Waals surface area (Å²) in [6.07, 6.45) is -1.06. The molecule has 4 heterocycles. The van der Waals surface area contributed by atoms with Crippen LogP contribution in [0.1, 0.15) is 31.0 Å². The third-order valence-corrected chi connectivity index (χ3v) is 7.59. The summed E-state index contributed by atoms with van der Waals surface area (Å²) in [7, 11) is 0. The SMILES string of the molecule is CC1Cc2c([nH]c3ccccc23)CN1CC(F)(F)F.Fc1cc(F)cc(N2CC3(CCCNC3)C2)c1. The maximum Gasteiger partial charge on any atom is 0.401 e. The molecule has 1 atom stereocenters. The summed E-state index contributed by atoms with van der Waals surface area (Å²) in [5, 5.41) is 4.53. The van der Waals surface area contributed by atoms with Crippen LogP contribution in [0.5, 0.6) is 0 Å². The highest BCUT2D eigenvalue weighted by Crippen LogP contribution is 2.39. The predicted octanol–water partition coefficient (Wildman–Crippen LogP) is 5.63. The van der Waals surface area contributed by atoms with Crippen LogP contribution in [-0.4, -0.2) is 54.8 Å². The van der Waals surface area contributed by atoms with Crippen molar-refractivity contribution >= 4 is 16.6 Å². The highest BCUT2D eigenvalue weighted by Gasteiger charge is 2.43. The summed E-state index contributed by atoms with van der Waals surface area (Å²) in [6, 6.07) is 11.5. The molecule has 3 aromatic rings. The fourth-order valence-corrected chi connectivity index (χ4v) is 5.82. The number of nitrogens with zero attached hydrogens (tertiary/aromatic N) is 2. The lowest BCUT2D eigenvalue weighted by Gasteiger charge is -2.53. The van der Waals surface area contributed by atoms with Crippen molar-refractivity contribution in [1.29, 1.82) is 0 Å². The standard InChI is InChI=1S/C14H15F3N2.C13H16F2N2/c1-9-6-11-10-4-2-3-5-12(10)18-13(11)7-19(9)8-14(15,16)17;14-10-4-11(15)6-12(5-10)17-8-13(9-17)2-1-3-16-7-13/h2-5,9,18H,6-8H2,1H3;4-6,16H,1-3,7-9H2. The van der Waals surface area contributed by atoms with Crippen LogP contribution >= 0.6 is 0 Å². The molecule has 4 nitrogen and oxygen atoms in total. The van der Waals surface area contributed by atoms with Gasteiger partial charge in [0.15, 0.2) is 0 Å². The Morgan fingerprint density at radius 1 is 1.06 bits per heavy atom. The highest BCUT2D eigenvalue weighted by molar-refractivity contribution is 5.84. The zero-order valence-corrected chi connectivity index (χ0v) is 20.3. The quantitative estimate of drug-likeness (QED) is 0.442. The number of anilines is 1. The fraction of sp³-hybridized carbons (Fsp3) is 0.481. The van der Waals surface area contributed by atoms with E-state index in [1.807, 2.05) is 31.2 Å². The monoisotopic (exact) mass is 506 g/mol. The van der Waals surface area contributed by atoms with Gasteiger partial charge >= 0.3 is 6.18 Å². The van der Waals surface area contributed by atoms with Crippen LogP contribution in [0.15, 0.2) is 42.5 Å². The van der Waals surface area contributed by atoms with Gasteiger partial charge in [0, 0.05) is 66.0 Å². The van der Waals surface area contributed by atoms with Gasteiger partial charge in [-0.25, -0.2) is 8.78 Å². The Morgan fingerprint density at radius 3 is 2.44 bits per heavy atom. The molecular formula is C27H31F5N4. The largest absolute Gasteiger partial charge is 0.401 e. The predicted molar refractivity (Wildman–Crippen MR) is 131 cm³/mol. The molecule has 3 aliphatic heterocycles. The first-order valence-corrected chi connectivity index (χ1v) is 12.4. The number of aromatic amines is 1. The second-order valence-corrected chi connectivity index (χ2v) is 10.5. The minimum absolute atomic E-state index is 0.0895. The van der Waals surface area contributed by atoms with Gasteiger partial charge in [-0.1, -0.05) is 18.2 Å². The van der Waals surface area contributed by atoms with Crippen molar-refractivity contribution in [3.8, 4) is 0 Å². The van der Waals surface area contributed by atoms with Crippen molar-refractivity contribution in [3.63, 3.8) is 0 Å². The Balaban J connectivity index is 0.000000149. The first-order valence-electron chi connectivity index (χ1n) is 12.4. The van der Waals surface area contributed by atoms with Crippen molar-refractivity contribution in [2.75, 3.05) is 37.6 Å². The van der Waals surface area contributed by atoms with Crippen LogP contribution < -0.4 is 10.2 Å². The molecular weight excluding hydrogens is 475 g/mol. The van der Waals surface area contributed by atoms with Crippen LogP contribution in [0.2, 0.25) is 0 Å². The van der Waals surface area contributed by atoms with Crippen LogP contribution in [0.4, 0.5) is 27.6 Å². The lowest BCUT2D eigenvalue weighted by molar-refractivity contribution is -0.152. The maximum absolute atomic E-state index is 13.1. The second kappa shape index (κ2) is 9.67. The molecule has 2 N–H and O–H groups in total. The number of para-hydroxylation sites is 1. The smallest absolute Gasteiger partial charge is 0.370 e. The van der Waals surface area contributed by atoms with E-state index in [1.165, 1.54) is 35.4 Å². The van der Waals surface area contributed by atoms with Gasteiger partial charge in [-0.3, -0.25) is 4.90 Å². The van der Waals surface area contributed by atoms with Crippen molar-refractivity contribution in [3.05, 3.63) is 65.4 Å². The van der Waals surface area contributed by atoms with E-state index in [-0.39, 0.29) is 6.04 Å². The van der Waals surface area contributed by atoms with E-state index in [4.69, 9.17) is 0 Å². The summed E-state index contributed by atoms with van der Waals surface area (Å²) >= 11 is 0.